The lowest BCUT2D eigenvalue weighted by Crippen LogP contribution is -2.27. The summed E-state index contributed by atoms with van der Waals surface area (Å²) in [6.45, 7) is 2.84. The number of nitrogens with one attached hydrogen (secondary N) is 1. The van der Waals surface area contributed by atoms with Crippen molar-refractivity contribution in [1.82, 2.24) is 0 Å². The van der Waals surface area contributed by atoms with Crippen LogP contribution in [0.2, 0.25) is 5.02 Å². The van der Waals surface area contributed by atoms with Gasteiger partial charge in [-0.05, 0) is 31.4 Å². The summed E-state index contributed by atoms with van der Waals surface area (Å²) in [6, 6.07) is 5.76. The second kappa shape index (κ2) is 7.13. The zero-order valence-corrected chi connectivity index (χ0v) is 12.1. The topological polar surface area (TPSA) is 41.5 Å². The van der Waals surface area contributed by atoms with Crippen LogP contribution in [0.15, 0.2) is 18.2 Å². The largest absolute Gasteiger partial charge is 0.389 e. The van der Waals surface area contributed by atoms with Crippen LogP contribution in [0.1, 0.15) is 31.2 Å². The summed E-state index contributed by atoms with van der Waals surface area (Å²) in [6.07, 6.45) is 4.59. The van der Waals surface area contributed by atoms with E-state index in [2.05, 4.69) is 5.32 Å². The smallest absolute Gasteiger partial charge is 0.0945 e. The first-order chi connectivity index (χ1) is 9.16. The SMILES string of the molecule is Cc1cccc(Cl)c1NCC(O)COC1CCCC1. The van der Waals surface area contributed by atoms with E-state index in [-0.39, 0.29) is 0 Å². The van der Waals surface area contributed by atoms with Gasteiger partial charge in [-0.3, -0.25) is 0 Å². The Morgan fingerprint density at radius 3 is 2.84 bits per heavy atom. The van der Waals surface area contributed by atoms with Crippen molar-refractivity contribution in [2.24, 2.45) is 0 Å². The van der Waals surface area contributed by atoms with Gasteiger partial charge in [0.05, 0.1) is 29.5 Å². The number of benzene rings is 1. The van der Waals surface area contributed by atoms with Crippen LogP contribution in [0.4, 0.5) is 5.69 Å². The number of aliphatic hydroxyl groups excluding tert-OH is 1. The van der Waals surface area contributed by atoms with Crippen molar-refractivity contribution in [2.45, 2.75) is 44.8 Å². The van der Waals surface area contributed by atoms with Gasteiger partial charge in [0.2, 0.25) is 0 Å². The lowest BCUT2D eigenvalue weighted by Gasteiger charge is -2.17. The molecule has 1 unspecified atom stereocenters. The van der Waals surface area contributed by atoms with Gasteiger partial charge >= 0.3 is 0 Å². The minimum atomic E-state index is -0.503. The summed E-state index contributed by atoms with van der Waals surface area (Å²) in [5.74, 6) is 0. The van der Waals surface area contributed by atoms with E-state index in [1.54, 1.807) is 0 Å². The van der Waals surface area contributed by atoms with Crippen molar-refractivity contribution in [3.8, 4) is 0 Å². The highest BCUT2D eigenvalue weighted by molar-refractivity contribution is 6.33. The van der Waals surface area contributed by atoms with Gasteiger partial charge in [0.1, 0.15) is 0 Å². The molecule has 1 atom stereocenters. The van der Waals surface area contributed by atoms with Crippen molar-refractivity contribution < 1.29 is 9.84 Å². The van der Waals surface area contributed by atoms with Crippen molar-refractivity contribution >= 4 is 17.3 Å². The highest BCUT2D eigenvalue weighted by Crippen LogP contribution is 2.25. The second-order valence-corrected chi connectivity index (χ2v) is 5.61. The van der Waals surface area contributed by atoms with E-state index in [0.29, 0.717) is 24.3 Å². The fourth-order valence-electron chi connectivity index (χ4n) is 2.44. The highest BCUT2D eigenvalue weighted by Gasteiger charge is 2.17. The summed E-state index contributed by atoms with van der Waals surface area (Å²) in [4.78, 5) is 0. The van der Waals surface area contributed by atoms with Crippen LogP contribution < -0.4 is 5.32 Å². The molecule has 1 aliphatic carbocycles. The Bertz CT molecular complexity index is 385. The molecule has 0 spiro atoms. The molecule has 0 aliphatic heterocycles. The number of ether oxygens (including phenoxy) is 1. The lowest BCUT2D eigenvalue weighted by molar-refractivity contribution is -0.00117. The number of hydrogen-bond donors (Lipinski definition) is 2. The van der Waals surface area contributed by atoms with Gasteiger partial charge in [-0.15, -0.1) is 0 Å². The lowest BCUT2D eigenvalue weighted by atomic mass is 10.2. The number of aryl methyl sites for hydroxylation is 1. The number of rotatable bonds is 6. The molecule has 1 aromatic rings. The molecule has 0 bridgehead atoms. The predicted octanol–water partition coefficient (Wildman–Crippen LogP) is 3.38. The molecule has 2 N–H and O–H groups in total. The maximum atomic E-state index is 9.92. The molecular formula is C15H22ClNO2. The minimum Gasteiger partial charge on any atom is -0.389 e. The van der Waals surface area contributed by atoms with E-state index in [0.717, 1.165) is 24.1 Å². The van der Waals surface area contributed by atoms with Crippen LogP contribution in [0.5, 0.6) is 0 Å². The summed E-state index contributed by atoms with van der Waals surface area (Å²) >= 11 is 6.12. The number of para-hydroxylation sites is 1. The van der Waals surface area contributed by atoms with E-state index < -0.39 is 6.10 Å². The Morgan fingerprint density at radius 2 is 2.16 bits per heavy atom. The molecule has 1 aromatic carbocycles. The Morgan fingerprint density at radius 1 is 1.42 bits per heavy atom. The Kier molecular flexibility index (Phi) is 5.49. The van der Waals surface area contributed by atoms with Crippen LogP contribution >= 0.6 is 11.6 Å². The van der Waals surface area contributed by atoms with Crippen LogP contribution in [-0.2, 0) is 4.74 Å². The van der Waals surface area contributed by atoms with Gasteiger partial charge in [-0.2, -0.15) is 0 Å². The number of aliphatic hydroxyl groups is 1. The van der Waals surface area contributed by atoms with Gasteiger partial charge in [0, 0.05) is 6.54 Å². The summed E-state index contributed by atoms with van der Waals surface area (Å²) in [5, 5.41) is 13.8. The first-order valence-corrected chi connectivity index (χ1v) is 7.33. The normalized spacial score (nSPS) is 17.6. The molecule has 19 heavy (non-hydrogen) atoms. The number of hydrogen-bond acceptors (Lipinski definition) is 3. The van der Waals surface area contributed by atoms with Crippen LogP contribution in [0.25, 0.3) is 0 Å². The van der Waals surface area contributed by atoms with E-state index in [9.17, 15) is 5.11 Å². The average molecular weight is 284 g/mol. The Labute approximate surface area is 119 Å². The van der Waals surface area contributed by atoms with Gasteiger partial charge in [0.15, 0.2) is 0 Å². The highest BCUT2D eigenvalue weighted by atomic mass is 35.5. The standard InChI is InChI=1S/C15H22ClNO2/c1-11-5-4-8-14(16)15(11)17-9-12(18)10-19-13-6-2-3-7-13/h4-5,8,12-13,17-18H,2-3,6-7,9-10H2,1H3. The molecule has 0 amide bonds. The van der Waals surface area contributed by atoms with Crippen LogP contribution in [-0.4, -0.2) is 30.5 Å². The molecule has 0 heterocycles. The third kappa shape index (κ3) is 4.37. The fraction of sp³-hybridized carbons (Fsp3) is 0.600. The number of halogens is 1. The quantitative estimate of drug-likeness (QED) is 0.841. The monoisotopic (exact) mass is 283 g/mol. The van der Waals surface area contributed by atoms with E-state index in [1.165, 1.54) is 12.8 Å². The van der Waals surface area contributed by atoms with Crippen molar-refractivity contribution in [1.29, 1.82) is 0 Å². The molecule has 2 rings (SSSR count). The van der Waals surface area contributed by atoms with Crippen molar-refractivity contribution in [3.05, 3.63) is 28.8 Å². The molecule has 3 nitrogen and oxygen atoms in total. The Hall–Kier alpha value is -0.770. The third-order valence-electron chi connectivity index (χ3n) is 3.56. The maximum absolute atomic E-state index is 9.92. The number of anilines is 1. The van der Waals surface area contributed by atoms with Gasteiger partial charge in [0.25, 0.3) is 0 Å². The van der Waals surface area contributed by atoms with Gasteiger partial charge in [-0.1, -0.05) is 36.6 Å². The summed E-state index contributed by atoms with van der Waals surface area (Å²) in [5.41, 5.74) is 1.97. The fourth-order valence-corrected chi connectivity index (χ4v) is 2.73. The Balaban J connectivity index is 1.75. The molecule has 0 saturated heterocycles. The molecule has 0 aromatic heterocycles. The van der Waals surface area contributed by atoms with E-state index in [4.69, 9.17) is 16.3 Å². The van der Waals surface area contributed by atoms with Crippen molar-refractivity contribution in [3.63, 3.8) is 0 Å². The molecule has 1 fully saturated rings. The van der Waals surface area contributed by atoms with Gasteiger partial charge in [-0.25, -0.2) is 0 Å². The van der Waals surface area contributed by atoms with E-state index in [1.807, 2.05) is 25.1 Å². The van der Waals surface area contributed by atoms with Crippen molar-refractivity contribution in [2.75, 3.05) is 18.5 Å². The molecule has 0 radical (unpaired) electrons. The predicted molar refractivity (Wildman–Crippen MR) is 78.9 cm³/mol. The molecule has 4 heteroatoms. The van der Waals surface area contributed by atoms with E-state index >= 15 is 0 Å². The summed E-state index contributed by atoms with van der Waals surface area (Å²) < 4.78 is 5.69. The minimum absolute atomic E-state index is 0.344. The molecular weight excluding hydrogens is 262 g/mol. The average Bonchev–Trinajstić information content (AvgIpc) is 2.89. The van der Waals surface area contributed by atoms with Crippen LogP contribution in [0, 0.1) is 6.92 Å². The molecule has 1 aliphatic rings. The maximum Gasteiger partial charge on any atom is 0.0945 e. The zero-order valence-electron chi connectivity index (χ0n) is 11.4. The van der Waals surface area contributed by atoms with Crippen LogP contribution in [0.3, 0.4) is 0 Å². The first-order valence-electron chi connectivity index (χ1n) is 6.95. The molecule has 1 saturated carbocycles. The first kappa shape index (κ1) is 14.6. The van der Waals surface area contributed by atoms with Gasteiger partial charge < -0.3 is 15.2 Å². The zero-order chi connectivity index (χ0) is 13.7. The second-order valence-electron chi connectivity index (χ2n) is 5.21. The summed E-state index contributed by atoms with van der Waals surface area (Å²) in [7, 11) is 0. The third-order valence-corrected chi connectivity index (χ3v) is 3.88. The molecule has 106 valence electrons.